The number of hydrogen-bond donors (Lipinski definition) is 1. The van der Waals surface area contributed by atoms with Gasteiger partial charge in [-0.3, -0.25) is 9.47 Å². The summed E-state index contributed by atoms with van der Waals surface area (Å²) in [7, 11) is 3.26. The molecular formula is C24H28N6O3S. The summed E-state index contributed by atoms with van der Waals surface area (Å²) in [4.78, 5) is 17.0. The Kier molecular flexibility index (Phi) is 6.61. The van der Waals surface area contributed by atoms with Crippen molar-refractivity contribution >= 4 is 28.3 Å². The zero-order valence-corrected chi connectivity index (χ0v) is 20.4. The molecule has 1 aromatic carbocycles. The summed E-state index contributed by atoms with van der Waals surface area (Å²) < 4.78 is 18.4. The zero-order chi connectivity index (χ0) is 23.5. The number of fused-ring (bicyclic) bond motifs is 1. The van der Waals surface area contributed by atoms with Crippen molar-refractivity contribution in [1.29, 1.82) is 0 Å². The topological polar surface area (TPSA) is 86.6 Å². The van der Waals surface area contributed by atoms with Crippen molar-refractivity contribution in [3.05, 3.63) is 40.8 Å². The van der Waals surface area contributed by atoms with E-state index >= 15 is 0 Å². The van der Waals surface area contributed by atoms with Crippen LogP contribution in [0.5, 0.6) is 11.5 Å². The molecule has 1 aliphatic heterocycles. The molecule has 178 valence electrons. The lowest BCUT2D eigenvalue weighted by Gasteiger charge is -2.26. The van der Waals surface area contributed by atoms with Crippen LogP contribution >= 0.6 is 11.3 Å². The molecule has 1 saturated heterocycles. The highest BCUT2D eigenvalue weighted by atomic mass is 32.1. The number of rotatable bonds is 8. The molecule has 0 radical (unpaired) electrons. The number of nitrogens with one attached hydrogen (secondary N) is 1. The summed E-state index contributed by atoms with van der Waals surface area (Å²) in [5.74, 6) is 3.55. The Bertz CT molecular complexity index is 1270. The van der Waals surface area contributed by atoms with Crippen molar-refractivity contribution < 1.29 is 14.2 Å². The largest absolute Gasteiger partial charge is 0.493 e. The van der Waals surface area contributed by atoms with Crippen LogP contribution in [0.15, 0.2) is 35.0 Å². The van der Waals surface area contributed by atoms with Gasteiger partial charge in [-0.1, -0.05) is 0 Å². The van der Waals surface area contributed by atoms with Crippen LogP contribution < -0.4 is 14.8 Å². The third kappa shape index (κ3) is 4.44. The van der Waals surface area contributed by atoms with E-state index in [1.807, 2.05) is 41.1 Å². The predicted molar refractivity (Wildman–Crippen MR) is 134 cm³/mol. The number of thiophene rings is 1. The molecule has 0 atom stereocenters. The molecule has 3 aromatic heterocycles. The number of morpholine rings is 1. The van der Waals surface area contributed by atoms with E-state index in [0.717, 1.165) is 73.4 Å². The van der Waals surface area contributed by atoms with Crippen LogP contribution in [-0.4, -0.2) is 78.0 Å². The lowest BCUT2D eigenvalue weighted by Crippen LogP contribution is -2.39. The number of imidazole rings is 1. The van der Waals surface area contributed by atoms with Crippen LogP contribution in [0.4, 0.5) is 5.82 Å². The lowest BCUT2D eigenvalue weighted by atomic mass is 10.2. The van der Waals surface area contributed by atoms with E-state index < -0.39 is 0 Å². The predicted octanol–water partition coefficient (Wildman–Crippen LogP) is 3.61. The Morgan fingerprint density at radius 2 is 1.88 bits per heavy atom. The number of ether oxygens (including phenoxy) is 3. The van der Waals surface area contributed by atoms with Crippen molar-refractivity contribution in [1.82, 2.24) is 24.4 Å². The number of benzene rings is 1. The van der Waals surface area contributed by atoms with E-state index in [2.05, 4.69) is 15.6 Å². The van der Waals surface area contributed by atoms with Crippen LogP contribution in [-0.2, 0) is 4.74 Å². The van der Waals surface area contributed by atoms with Crippen molar-refractivity contribution in [2.24, 2.45) is 0 Å². The Hall–Kier alpha value is -3.21. The molecule has 4 aromatic rings. The van der Waals surface area contributed by atoms with Gasteiger partial charge in [-0.15, -0.1) is 0 Å². The molecule has 34 heavy (non-hydrogen) atoms. The summed E-state index contributed by atoms with van der Waals surface area (Å²) >= 11 is 1.63. The molecule has 1 N–H and O–H groups in total. The molecule has 10 heteroatoms. The number of nitrogens with zero attached hydrogens (tertiary/aromatic N) is 5. The van der Waals surface area contributed by atoms with Crippen molar-refractivity contribution in [3.63, 3.8) is 0 Å². The third-order valence-corrected chi connectivity index (χ3v) is 6.59. The number of methoxy groups -OCH3 is 2. The Balaban J connectivity index is 1.55. The fraction of sp³-hybridized carbons (Fsp3) is 0.375. The van der Waals surface area contributed by atoms with Gasteiger partial charge < -0.3 is 19.5 Å². The molecule has 1 aliphatic rings. The highest BCUT2D eigenvalue weighted by molar-refractivity contribution is 7.08. The van der Waals surface area contributed by atoms with Crippen LogP contribution in [0.3, 0.4) is 0 Å². The maximum Gasteiger partial charge on any atom is 0.170 e. The number of aryl methyl sites for hydroxylation is 1. The van der Waals surface area contributed by atoms with Gasteiger partial charge in [-0.05, 0) is 30.5 Å². The molecule has 1 fully saturated rings. The molecule has 0 aliphatic carbocycles. The van der Waals surface area contributed by atoms with Crippen molar-refractivity contribution in [2.75, 3.05) is 58.9 Å². The maximum absolute atomic E-state index is 5.53. The SMILES string of the molecule is COc1ccc(-n2c(C)nc3c(NCCN4CCOCC4)nc(-c4ccsc4)nc32)cc1OC. The van der Waals surface area contributed by atoms with Gasteiger partial charge in [0.15, 0.2) is 34.3 Å². The van der Waals surface area contributed by atoms with E-state index in [1.54, 1.807) is 25.6 Å². The third-order valence-electron chi connectivity index (χ3n) is 5.90. The highest BCUT2D eigenvalue weighted by Gasteiger charge is 2.19. The van der Waals surface area contributed by atoms with E-state index in [-0.39, 0.29) is 0 Å². The summed E-state index contributed by atoms with van der Waals surface area (Å²) in [6.07, 6.45) is 0. The second-order valence-corrected chi connectivity index (χ2v) is 8.77. The fourth-order valence-corrected chi connectivity index (χ4v) is 4.78. The minimum Gasteiger partial charge on any atom is -0.493 e. The van der Waals surface area contributed by atoms with Crippen molar-refractivity contribution in [2.45, 2.75) is 6.92 Å². The van der Waals surface area contributed by atoms with Gasteiger partial charge in [0.2, 0.25) is 0 Å². The van der Waals surface area contributed by atoms with E-state index in [0.29, 0.717) is 17.3 Å². The minimum absolute atomic E-state index is 0.650. The number of hydrogen-bond acceptors (Lipinski definition) is 9. The first-order valence-electron chi connectivity index (χ1n) is 11.2. The number of aromatic nitrogens is 4. The lowest BCUT2D eigenvalue weighted by molar-refractivity contribution is 0.0398. The van der Waals surface area contributed by atoms with E-state index in [4.69, 9.17) is 29.2 Å². The van der Waals surface area contributed by atoms with E-state index in [1.165, 1.54) is 0 Å². The van der Waals surface area contributed by atoms with Gasteiger partial charge in [-0.25, -0.2) is 15.0 Å². The van der Waals surface area contributed by atoms with E-state index in [9.17, 15) is 0 Å². The highest BCUT2D eigenvalue weighted by Crippen LogP contribution is 2.33. The molecule has 5 rings (SSSR count). The standard InChI is InChI=1S/C24H28N6O3S/c1-16-26-21-23(25-7-8-29-9-11-33-12-10-29)27-22(17-6-13-34-15-17)28-24(21)30(16)18-4-5-19(31-2)20(14-18)32-3/h4-6,13-15H,7-12H2,1-3H3,(H,25,27,28). The monoisotopic (exact) mass is 480 g/mol. The summed E-state index contributed by atoms with van der Waals surface area (Å²) in [6.45, 7) is 7.13. The zero-order valence-electron chi connectivity index (χ0n) is 19.6. The summed E-state index contributed by atoms with van der Waals surface area (Å²) in [5, 5.41) is 7.61. The van der Waals surface area contributed by atoms with Gasteiger partial charge >= 0.3 is 0 Å². The first-order chi connectivity index (χ1) is 16.7. The first-order valence-corrected chi connectivity index (χ1v) is 12.2. The molecular weight excluding hydrogens is 452 g/mol. The second-order valence-electron chi connectivity index (χ2n) is 7.99. The van der Waals surface area contributed by atoms with Crippen LogP contribution in [0.2, 0.25) is 0 Å². The quantitative estimate of drug-likeness (QED) is 0.409. The van der Waals surface area contributed by atoms with Crippen LogP contribution in [0.1, 0.15) is 5.82 Å². The molecule has 0 bridgehead atoms. The second kappa shape index (κ2) is 9.96. The van der Waals surface area contributed by atoms with Gasteiger partial charge in [0, 0.05) is 43.2 Å². The maximum atomic E-state index is 5.53. The Morgan fingerprint density at radius 1 is 1.06 bits per heavy atom. The first kappa shape index (κ1) is 22.6. The fourth-order valence-electron chi connectivity index (χ4n) is 4.14. The van der Waals surface area contributed by atoms with Crippen LogP contribution in [0, 0.1) is 6.92 Å². The van der Waals surface area contributed by atoms with Gasteiger partial charge in [0.1, 0.15) is 5.82 Å². The van der Waals surface area contributed by atoms with Crippen LogP contribution in [0.25, 0.3) is 28.2 Å². The molecule has 0 spiro atoms. The average Bonchev–Trinajstić information content (AvgIpc) is 3.52. The smallest absolute Gasteiger partial charge is 0.170 e. The Morgan fingerprint density at radius 3 is 2.62 bits per heavy atom. The van der Waals surface area contributed by atoms with Gasteiger partial charge in [0.25, 0.3) is 0 Å². The molecule has 4 heterocycles. The summed E-state index contributed by atoms with van der Waals surface area (Å²) in [5.41, 5.74) is 3.37. The molecule has 0 unspecified atom stereocenters. The summed E-state index contributed by atoms with van der Waals surface area (Å²) in [6, 6.07) is 7.84. The molecule has 9 nitrogen and oxygen atoms in total. The van der Waals surface area contributed by atoms with Gasteiger partial charge in [-0.2, -0.15) is 11.3 Å². The van der Waals surface area contributed by atoms with Crippen molar-refractivity contribution in [3.8, 4) is 28.6 Å². The Labute approximate surface area is 202 Å². The number of anilines is 1. The molecule has 0 amide bonds. The van der Waals surface area contributed by atoms with Gasteiger partial charge in [0.05, 0.1) is 33.1 Å². The average molecular weight is 481 g/mol. The normalized spacial score (nSPS) is 14.4. The molecule has 0 saturated carbocycles. The minimum atomic E-state index is 0.650.